The fourth-order valence-corrected chi connectivity index (χ4v) is 6.93. The van der Waals surface area contributed by atoms with E-state index in [9.17, 15) is 43.2 Å². The second-order valence-corrected chi connectivity index (χ2v) is 19.1. The Hall–Kier alpha value is -6.96. The molecule has 76 heavy (non-hydrogen) atoms. The first-order valence-electron chi connectivity index (χ1n) is 24.4. The maximum atomic E-state index is 14.0. The smallest absolute Gasteiger partial charge is 0.225 e. The van der Waals surface area contributed by atoms with E-state index in [-0.39, 0.29) is 132 Å². The Morgan fingerprint density at radius 2 is 0.737 bits per heavy atom. The second-order valence-electron chi connectivity index (χ2n) is 19.1. The molecule has 8 atom stereocenters. The minimum Gasteiger partial charge on any atom is -0.483 e. The Morgan fingerprint density at radius 1 is 0.408 bits per heavy atom. The van der Waals surface area contributed by atoms with Gasteiger partial charge in [-0.3, -0.25) is 38.4 Å². The third-order valence-corrected chi connectivity index (χ3v) is 11.0. The van der Waals surface area contributed by atoms with Crippen molar-refractivity contribution in [2.24, 2.45) is 69.9 Å². The largest absolute Gasteiger partial charge is 0.483 e. The topological polar surface area (TPSA) is 442 Å². The molecule has 0 saturated heterocycles. The Bertz CT molecular complexity index is 2090. The minimum absolute atomic E-state index is 0. The summed E-state index contributed by atoms with van der Waals surface area (Å²) in [4.78, 5) is 122. The van der Waals surface area contributed by atoms with Crippen molar-refractivity contribution in [3.63, 3.8) is 0 Å². The van der Waals surface area contributed by atoms with Gasteiger partial charge in [-0.1, -0.05) is 60.2 Å². The van der Waals surface area contributed by atoms with Crippen molar-refractivity contribution in [1.82, 2.24) is 58.5 Å². The third kappa shape index (κ3) is 31.7. The van der Waals surface area contributed by atoms with Gasteiger partial charge in [-0.05, 0) is 39.5 Å². The Morgan fingerprint density at radius 3 is 1.11 bits per heavy atom. The molecule has 0 heterocycles. The molecule has 5 amide bonds. The number of amides is 5. The zero-order valence-corrected chi connectivity index (χ0v) is 47.9. The standard InChI is InChI=1S/C49H86N17O9.Y/c1-25(2)13-35(18-56-29(7)50)46(72)62-22-39(67)14-27(5)45(71)65-40(23-60-33(11)54)43(69)17-38(21-59-32(10)53)48(74)64-28(6)42(68)15-36(19-57-30(8)51)49(75)66-41(24-61-34(12)55)44(70)16-37(20-58-31(9)52)47(73)63-26(3)4;/h22,25-28,35-38,40-41,56-61H,7-21,23-24,50-55H2,1-6H3,(H,62,72)(H,63,73)(H,64,74)(H,65,71)(H,66,75);/q-1;. The average molecular weight is 1150 g/mol. The van der Waals surface area contributed by atoms with Gasteiger partial charge < -0.3 is 97.7 Å². The first kappa shape index (κ1) is 71.1. The van der Waals surface area contributed by atoms with E-state index in [4.69, 9.17) is 34.4 Å². The van der Waals surface area contributed by atoms with Crippen LogP contribution in [0.4, 0.5) is 0 Å². The summed E-state index contributed by atoms with van der Waals surface area (Å²) in [5.41, 5.74) is 34.2. The van der Waals surface area contributed by atoms with E-state index >= 15 is 0 Å². The van der Waals surface area contributed by atoms with Crippen LogP contribution in [0.5, 0.6) is 0 Å². The number of carbonyl (C=O) groups is 9. The maximum absolute atomic E-state index is 14.0. The molecule has 0 aliphatic carbocycles. The molecule has 0 aliphatic heterocycles. The number of hydrogen-bond donors (Lipinski definition) is 17. The van der Waals surface area contributed by atoms with E-state index in [2.05, 4.69) is 98.0 Å². The van der Waals surface area contributed by atoms with Crippen LogP contribution >= 0.6 is 0 Å². The fourth-order valence-electron chi connectivity index (χ4n) is 6.93. The molecular weight excluding hydrogens is 1060 g/mol. The molecule has 26 nitrogen and oxygen atoms in total. The van der Waals surface area contributed by atoms with Crippen molar-refractivity contribution in [3.05, 3.63) is 80.9 Å². The van der Waals surface area contributed by atoms with Gasteiger partial charge in [0.2, 0.25) is 23.6 Å². The summed E-state index contributed by atoms with van der Waals surface area (Å²) in [5, 5.41) is 29.5. The molecule has 27 heteroatoms. The van der Waals surface area contributed by atoms with Gasteiger partial charge in [0.05, 0.1) is 64.6 Å². The Kier molecular flexibility index (Phi) is 34.5. The predicted molar refractivity (Wildman–Crippen MR) is 286 cm³/mol. The summed E-state index contributed by atoms with van der Waals surface area (Å²) in [6.45, 7) is 31.7. The molecule has 23 N–H and O–H groups in total. The number of carbonyl (C=O) groups excluding carboxylic acids is 9. The van der Waals surface area contributed by atoms with Crippen LogP contribution in [0.25, 0.3) is 0 Å². The van der Waals surface area contributed by atoms with E-state index in [1.165, 1.54) is 13.8 Å². The van der Waals surface area contributed by atoms with Crippen molar-refractivity contribution >= 4 is 52.7 Å². The van der Waals surface area contributed by atoms with Crippen LogP contribution in [0.1, 0.15) is 73.6 Å². The second kappa shape index (κ2) is 36.9. The van der Waals surface area contributed by atoms with Crippen molar-refractivity contribution in [3.8, 4) is 0 Å². The van der Waals surface area contributed by atoms with Crippen LogP contribution in [-0.2, 0) is 75.9 Å². The van der Waals surface area contributed by atoms with Gasteiger partial charge in [-0.15, -0.1) is 0 Å². The van der Waals surface area contributed by atoms with E-state index in [1.54, 1.807) is 13.8 Å². The van der Waals surface area contributed by atoms with E-state index < -0.39 is 113 Å². The van der Waals surface area contributed by atoms with Gasteiger partial charge >= 0.3 is 0 Å². The Balaban J connectivity index is 0. The van der Waals surface area contributed by atoms with Gasteiger partial charge in [0.15, 0.2) is 23.3 Å². The molecule has 0 spiro atoms. The number of rotatable bonds is 42. The summed E-state index contributed by atoms with van der Waals surface area (Å²) in [5.74, 6) is -10.3. The molecule has 0 aromatic rings. The molecule has 0 saturated carbocycles. The summed E-state index contributed by atoms with van der Waals surface area (Å²) in [6.07, 6.45) is -1.26. The van der Waals surface area contributed by atoms with E-state index in [0.717, 1.165) is 6.54 Å². The SMILES string of the molecule is C=C(N)NCC(CC(C)C)C(=O)N[CH-]C(=O)CC(C)C(=O)NC(CNC(=C)N)C(=O)CC(CNC(=C)N)C(=O)NC(C)C(=O)CC(CNC(=C)N)C(=O)NC(CNC(=C)N)C(=O)CC(CNC(=C)N)C(=O)NC(C)C.[Y]. The number of hydrogen-bond acceptors (Lipinski definition) is 21. The summed E-state index contributed by atoms with van der Waals surface area (Å²) in [6, 6.07) is -4.13. The molecule has 1 radical (unpaired) electrons. The normalized spacial score (nSPS) is 13.7. The van der Waals surface area contributed by atoms with Crippen LogP contribution in [-0.4, -0.2) is 116 Å². The summed E-state index contributed by atoms with van der Waals surface area (Å²) < 4.78 is 0. The van der Waals surface area contributed by atoms with Crippen LogP contribution < -0.4 is 92.9 Å². The average Bonchev–Trinajstić information content (AvgIpc) is 3.29. The third-order valence-electron chi connectivity index (χ3n) is 11.0. The van der Waals surface area contributed by atoms with E-state index in [0.29, 0.717) is 6.42 Å². The van der Waals surface area contributed by atoms with Gasteiger partial charge in [0.1, 0.15) is 12.1 Å². The van der Waals surface area contributed by atoms with Gasteiger partial charge in [-0.2, -0.15) is 0 Å². The van der Waals surface area contributed by atoms with Gasteiger partial charge in [-0.25, -0.2) is 6.54 Å². The quantitative estimate of drug-likeness (QED) is 0.0262. The van der Waals surface area contributed by atoms with Crippen LogP contribution in [0.15, 0.2) is 74.4 Å². The molecule has 425 valence electrons. The van der Waals surface area contributed by atoms with Crippen LogP contribution in [0.2, 0.25) is 0 Å². The fraction of sp³-hybridized carbons (Fsp3) is 0.551. The van der Waals surface area contributed by atoms with Crippen molar-refractivity contribution in [2.45, 2.75) is 97.8 Å². The molecule has 8 unspecified atom stereocenters. The van der Waals surface area contributed by atoms with Crippen molar-refractivity contribution < 1.29 is 75.9 Å². The number of nitrogens with two attached hydrogens (primary N) is 6. The first-order valence-corrected chi connectivity index (χ1v) is 24.4. The van der Waals surface area contributed by atoms with Crippen molar-refractivity contribution in [1.29, 1.82) is 0 Å². The van der Waals surface area contributed by atoms with Crippen LogP contribution in [0.3, 0.4) is 0 Å². The van der Waals surface area contributed by atoms with Gasteiger partial charge in [0, 0.05) is 109 Å². The number of Topliss-reactive ketones (excluding diaryl/α,β-unsaturated/α-hetero) is 4. The minimum atomic E-state index is -1.32. The molecule has 0 aromatic heterocycles. The summed E-state index contributed by atoms with van der Waals surface area (Å²) >= 11 is 0. The Labute approximate surface area is 472 Å². The molecular formula is C49H86N17O9Y-. The molecule has 0 aromatic carbocycles. The number of ketones is 4. The monoisotopic (exact) mass is 1150 g/mol. The molecule has 0 aliphatic rings. The summed E-state index contributed by atoms with van der Waals surface area (Å²) in [7, 11) is 0. The molecule has 0 fully saturated rings. The molecule has 0 rings (SSSR count). The molecule has 0 bridgehead atoms. The van der Waals surface area contributed by atoms with E-state index in [1.807, 2.05) is 13.8 Å². The van der Waals surface area contributed by atoms with Crippen molar-refractivity contribution in [2.75, 3.05) is 39.3 Å². The zero-order chi connectivity index (χ0) is 57.7. The van der Waals surface area contributed by atoms with Gasteiger partial charge in [0.25, 0.3) is 0 Å². The maximum Gasteiger partial charge on any atom is 0.225 e. The van der Waals surface area contributed by atoms with Crippen LogP contribution in [0, 0.1) is 42.1 Å². The number of nitrogens with one attached hydrogen (secondary N) is 11. The first-order chi connectivity index (χ1) is 34.8. The predicted octanol–water partition coefficient (Wildman–Crippen LogP) is -3.64. The zero-order valence-electron chi connectivity index (χ0n) is 45.1.